The number of carbonyl (C=O) groups excluding carboxylic acids is 1. The first kappa shape index (κ1) is 17.0. The molecule has 0 unspecified atom stereocenters. The fraction of sp³-hybridized carbons (Fsp3) is 0.385. The largest absolute Gasteiger partial charge is 0.480 e. The molecule has 8 heteroatoms. The molecule has 0 saturated heterocycles. The number of carbonyl (C=O) groups is 2. The first-order valence-corrected chi connectivity index (χ1v) is 6.99. The number of amides is 1. The molecule has 7 nitrogen and oxygen atoms in total. The topological polar surface area (TPSA) is 110 Å². The average molecular weight is 312 g/mol. The Morgan fingerprint density at radius 3 is 2.52 bits per heavy atom. The van der Waals surface area contributed by atoms with E-state index in [1.54, 1.807) is 6.92 Å². The van der Waals surface area contributed by atoms with Gasteiger partial charge < -0.3 is 10.4 Å². The van der Waals surface area contributed by atoms with Crippen molar-refractivity contribution in [1.82, 2.24) is 5.32 Å². The van der Waals surface area contributed by atoms with E-state index in [1.807, 2.05) is 0 Å². The van der Waals surface area contributed by atoms with Crippen molar-refractivity contribution in [1.29, 1.82) is 0 Å². The number of nitrogens with one attached hydrogen (secondary N) is 1. The van der Waals surface area contributed by atoms with Gasteiger partial charge in [0.2, 0.25) is 0 Å². The number of nitro benzene ring substituents is 1. The highest BCUT2D eigenvalue weighted by molar-refractivity contribution is 8.01. The van der Waals surface area contributed by atoms with Crippen molar-refractivity contribution < 1.29 is 19.6 Å². The summed E-state index contributed by atoms with van der Waals surface area (Å²) in [7, 11) is 0. The van der Waals surface area contributed by atoms with Crippen LogP contribution in [0, 0.1) is 10.1 Å². The van der Waals surface area contributed by atoms with Crippen LogP contribution in [0.25, 0.3) is 0 Å². The maximum atomic E-state index is 11.7. The van der Waals surface area contributed by atoms with E-state index in [2.05, 4.69) is 5.32 Å². The van der Waals surface area contributed by atoms with E-state index in [0.29, 0.717) is 6.54 Å². The lowest BCUT2D eigenvalue weighted by Crippen LogP contribution is -2.27. The number of carboxylic acid groups (broad SMARTS) is 1. The van der Waals surface area contributed by atoms with Crippen molar-refractivity contribution in [3.63, 3.8) is 0 Å². The zero-order valence-corrected chi connectivity index (χ0v) is 12.7. The molecule has 0 radical (unpaired) electrons. The minimum Gasteiger partial charge on any atom is -0.480 e. The third-order valence-corrected chi connectivity index (χ3v) is 3.89. The molecule has 0 spiro atoms. The maximum absolute atomic E-state index is 11.7. The molecule has 1 rings (SSSR count). The van der Waals surface area contributed by atoms with Crippen LogP contribution in [-0.2, 0) is 4.79 Å². The third kappa shape index (κ3) is 4.19. The number of hydrogen-bond acceptors (Lipinski definition) is 5. The molecule has 21 heavy (non-hydrogen) atoms. The summed E-state index contributed by atoms with van der Waals surface area (Å²) in [6.45, 7) is 5.07. The van der Waals surface area contributed by atoms with Crippen molar-refractivity contribution in [3.05, 3.63) is 33.9 Å². The van der Waals surface area contributed by atoms with Crippen LogP contribution in [0.15, 0.2) is 23.1 Å². The molecule has 0 fully saturated rings. The summed E-state index contributed by atoms with van der Waals surface area (Å²) in [6, 6.07) is 4.00. The lowest BCUT2D eigenvalue weighted by atomic mass is 10.2. The van der Waals surface area contributed by atoms with Crippen molar-refractivity contribution in [3.8, 4) is 0 Å². The second kappa shape index (κ2) is 6.57. The van der Waals surface area contributed by atoms with E-state index in [1.165, 1.54) is 26.0 Å². The highest BCUT2D eigenvalue weighted by Crippen LogP contribution is 2.38. The predicted octanol–water partition coefficient (Wildman–Crippen LogP) is 2.30. The Morgan fingerprint density at radius 2 is 2.05 bits per heavy atom. The fourth-order valence-electron chi connectivity index (χ4n) is 1.47. The molecule has 0 aliphatic rings. The van der Waals surface area contributed by atoms with Crippen LogP contribution in [0.1, 0.15) is 31.1 Å². The van der Waals surface area contributed by atoms with Gasteiger partial charge in [0.25, 0.3) is 11.6 Å². The number of thioether (sulfide) groups is 1. The number of carboxylic acids is 1. The van der Waals surface area contributed by atoms with E-state index in [9.17, 15) is 19.7 Å². The Hall–Kier alpha value is -2.09. The number of nitrogens with zero attached hydrogens (tertiary/aromatic N) is 1. The van der Waals surface area contributed by atoms with Crippen LogP contribution in [0.4, 0.5) is 5.69 Å². The van der Waals surface area contributed by atoms with Crippen LogP contribution >= 0.6 is 11.8 Å². The molecule has 0 aromatic heterocycles. The molecule has 0 saturated carbocycles. The maximum Gasteiger partial charge on any atom is 0.319 e. The first-order chi connectivity index (χ1) is 9.69. The smallest absolute Gasteiger partial charge is 0.319 e. The summed E-state index contributed by atoms with van der Waals surface area (Å²) in [5, 5.41) is 22.8. The Bertz CT molecular complexity index is 586. The highest BCUT2D eigenvalue weighted by atomic mass is 32.2. The number of benzene rings is 1. The summed E-state index contributed by atoms with van der Waals surface area (Å²) in [5.74, 6) is -1.48. The van der Waals surface area contributed by atoms with Crippen molar-refractivity contribution in [2.45, 2.75) is 30.4 Å². The van der Waals surface area contributed by atoms with Crippen molar-refractivity contribution in [2.75, 3.05) is 6.54 Å². The van der Waals surface area contributed by atoms with E-state index in [0.717, 1.165) is 17.8 Å². The Labute approximate surface area is 125 Å². The molecular weight excluding hydrogens is 296 g/mol. The molecular formula is C13H16N2O5S. The summed E-state index contributed by atoms with van der Waals surface area (Å²) in [6.07, 6.45) is 0. The van der Waals surface area contributed by atoms with Gasteiger partial charge in [0, 0.05) is 18.2 Å². The lowest BCUT2D eigenvalue weighted by Gasteiger charge is -2.18. The van der Waals surface area contributed by atoms with Gasteiger partial charge in [-0.15, -0.1) is 11.8 Å². The summed E-state index contributed by atoms with van der Waals surface area (Å²) in [4.78, 5) is 33.5. The van der Waals surface area contributed by atoms with Gasteiger partial charge in [0.15, 0.2) is 0 Å². The minimum absolute atomic E-state index is 0.168. The van der Waals surface area contributed by atoms with Gasteiger partial charge in [0.1, 0.15) is 4.75 Å². The van der Waals surface area contributed by atoms with Gasteiger partial charge in [-0.25, -0.2) is 0 Å². The van der Waals surface area contributed by atoms with E-state index >= 15 is 0 Å². The van der Waals surface area contributed by atoms with Crippen molar-refractivity contribution >= 4 is 29.3 Å². The molecule has 0 heterocycles. The molecule has 0 bridgehead atoms. The average Bonchev–Trinajstić information content (AvgIpc) is 2.38. The second-order valence-corrected chi connectivity index (χ2v) is 6.38. The monoisotopic (exact) mass is 312 g/mol. The summed E-state index contributed by atoms with van der Waals surface area (Å²) in [5.41, 5.74) is -0.112. The Kier molecular flexibility index (Phi) is 5.31. The van der Waals surface area contributed by atoms with E-state index < -0.39 is 21.5 Å². The van der Waals surface area contributed by atoms with Gasteiger partial charge in [-0.3, -0.25) is 19.7 Å². The molecule has 1 aromatic carbocycles. The molecule has 1 amide bonds. The first-order valence-electron chi connectivity index (χ1n) is 6.18. The van der Waals surface area contributed by atoms with Crippen LogP contribution < -0.4 is 5.32 Å². The Balaban J connectivity index is 3.20. The third-order valence-electron chi connectivity index (χ3n) is 2.64. The second-order valence-electron chi connectivity index (χ2n) is 4.72. The molecule has 0 aliphatic carbocycles. The van der Waals surface area contributed by atoms with Gasteiger partial charge in [-0.2, -0.15) is 0 Å². The molecule has 1 aromatic rings. The number of rotatable bonds is 6. The van der Waals surface area contributed by atoms with Gasteiger partial charge in [0.05, 0.1) is 9.82 Å². The van der Waals surface area contributed by atoms with Crippen LogP contribution in [-0.4, -0.2) is 33.2 Å². The zero-order valence-electron chi connectivity index (χ0n) is 11.9. The summed E-state index contributed by atoms with van der Waals surface area (Å²) >= 11 is 0.870. The van der Waals surface area contributed by atoms with Gasteiger partial charge in [-0.05, 0) is 32.9 Å². The number of aliphatic carboxylic acids is 1. The van der Waals surface area contributed by atoms with Gasteiger partial charge >= 0.3 is 5.97 Å². The normalized spacial score (nSPS) is 11.0. The van der Waals surface area contributed by atoms with Crippen LogP contribution in [0.5, 0.6) is 0 Å². The predicted molar refractivity (Wildman–Crippen MR) is 78.7 cm³/mol. The molecule has 114 valence electrons. The zero-order chi connectivity index (χ0) is 16.2. The SMILES string of the molecule is CCNC(=O)c1ccc(SC(C)(C)C(=O)O)c([N+](=O)[O-])c1. The lowest BCUT2D eigenvalue weighted by molar-refractivity contribution is -0.387. The number of hydrogen-bond donors (Lipinski definition) is 2. The molecule has 0 atom stereocenters. The Morgan fingerprint density at radius 1 is 1.43 bits per heavy atom. The molecule has 2 N–H and O–H groups in total. The van der Waals surface area contributed by atoms with Gasteiger partial charge in [-0.1, -0.05) is 0 Å². The minimum atomic E-state index is -1.21. The van der Waals surface area contributed by atoms with Crippen molar-refractivity contribution in [2.24, 2.45) is 0 Å². The van der Waals surface area contributed by atoms with E-state index in [-0.39, 0.29) is 16.1 Å². The van der Waals surface area contributed by atoms with Crippen LogP contribution in [0.2, 0.25) is 0 Å². The summed E-state index contributed by atoms with van der Waals surface area (Å²) < 4.78 is -1.21. The molecule has 0 aliphatic heterocycles. The number of nitro groups is 1. The van der Waals surface area contributed by atoms with E-state index in [4.69, 9.17) is 5.11 Å². The quantitative estimate of drug-likeness (QED) is 0.474. The van der Waals surface area contributed by atoms with Crippen LogP contribution in [0.3, 0.4) is 0 Å². The fourth-order valence-corrected chi connectivity index (χ4v) is 2.48. The highest BCUT2D eigenvalue weighted by Gasteiger charge is 2.31. The standard InChI is InChI=1S/C13H16N2O5S/c1-4-14-11(16)8-5-6-10(9(7-8)15(19)20)21-13(2,3)12(17)18/h5-7H,4H2,1-3H3,(H,14,16)(H,17,18).